The Morgan fingerprint density at radius 3 is 2.56 bits per heavy atom. The van der Waals surface area contributed by atoms with Crippen LogP contribution in [-0.4, -0.2) is 19.5 Å². The Labute approximate surface area is 90.9 Å². The van der Waals surface area contributed by atoms with Gasteiger partial charge in [0.25, 0.3) is 5.56 Å². The normalized spacial score (nSPS) is 12.3. The second kappa shape index (κ2) is 3.21. The summed E-state index contributed by atoms with van der Waals surface area (Å²) in [7, 11) is 1.30. The smallest absolute Gasteiger partial charge is 0.328 e. The molecule has 0 amide bonds. The lowest BCUT2D eigenvalue weighted by Crippen LogP contribution is -2.18. The average molecular weight is 253 g/mol. The second-order valence-corrected chi connectivity index (χ2v) is 3.36. The molecule has 9 heteroatoms. The largest absolute Gasteiger partial charge is 0.449 e. The van der Waals surface area contributed by atoms with E-state index in [9.17, 15) is 18.0 Å². The molecule has 0 aliphatic heterocycles. The molecule has 0 radical (unpaired) electrons. The van der Waals surface area contributed by atoms with Crippen molar-refractivity contribution in [3.63, 3.8) is 0 Å². The van der Waals surface area contributed by atoms with Gasteiger partial charge in [0.1, 0.15) is 0 Å². The molecule has 0 fully saturated rings. The Hall–Kier alpha value is -1.57. The maximum absolute atomic E-state index is 12.3. The van der Waals surface area contributed by atoms with E-state index in [0.29, 0.717) is 0 Å². The van der Waals surface area contributed by atoms with E-state index in [1.54, 1.807) is 0 Å². The summed E-state index contributed by atoms with van der Waals surface area (Å²) in [6, 6.07) is 0. The Bertz CT molecular complexity index is 614. The summed E-state index contributed by atoms with van der Waals surface area (Å²) in [6.45, 7) is 0. The van der Waals surface area contributed by atoms with Gasteiger partial charge in [-0.2, -0.15) is 18.2 Å². The zero-order chi connectivity index (χ0) is 12.1. The Kier molecular flexibility index (Phi) is 2.19. The number of halogens is 4. The molecule has 0 saturated carbocycles. The van der Waals surface area contributed by atoms with Crippen LogP contribution in [0.4, 0.5) is 13.2 Å². The molecule has 5 nitrogen and oxygen atoms in total. The molecule has 0 saturated heterocycles. The molecule has 2 rings (SSSR count). The topological polar surface area (TPSA) is 63.6 Å². The number of rotatable bonds is 0. The summed E-state index contributed by atoms with van der Waals surface area (Å²) in [5, 5.41) is -0.224. The van der Waals surface area contributed by atoms with Gasteiger partial charge in [0.2, 0.25) is 11.1 Å². The molecule has 1 N–H and O–H groups in total. The third-order valence-electron chi connectivity index (χ3n) is 1.95. The van der Waals surface area contributed by atoms with Gasteiger partial charge in [-0.3, -0.25) is 9.36 Å². The number of fused-ring (bicyclic) bond motifs is 1. The first-order valence-corrected chi connectivity index (χ1v) is 4.38. The SMILES string of the molecule is Cn1c(Cl)nc2nc(C(F)(F)F)[nH]c2c1=O. The number of aromatic amines is 1. The third-order valence-corrected chi connectivity index (χ3v) is 2.28. The lowest BCUT2D eigenvalue weighted by molar-refractivity contribution is -0.144. The van der Waals surface area contributed by atoms with Crippen molar-refractivity contribution in [2.75, 3.05) is 0 Å². The highest BCUT2D eigenvalue weighted by Gasteiger charge is 2.35. The third kappa shape index (κ3) is 1.54. The van der Waals surface area contributed by atoms with Crippen LogP contribution < -0.4 is 5.56 Å². The van der Waals surface area contributed by atoms with Crippen molar-refractivity contribution in [3.8, 4) is 0 Å². The van der Waals surface area contributed by atoms with Crippen LogP contribution in [0, 0.1) is 0 Å². The van der Waals surface area contributed by atoms with Crippen molar-refractivity contribution in [2.45, 2.75) is 6.18 Å². The van der Waals surface area contributed by atoms with Crippen LogP contribution in [0.2, 0.25) is 5.28 Å². The van der Waals surface area contributed by atoms with Gasteiger partial charge in [-0.15, -0.1) is 0 Å². The zero-order valence-corrected chi connectivity index (χ0v) is 8.52. The summed E-state index contributed by atoms with van der Waals surface area (Å²) >= 11 is 5.53. The van der Waals surface area contributed by atoms with E-state index < -0.39 is 17.6 Å². The first kappa shape index (κ1) is 10.9. The van der Waals surface area contributed by atoms with Gasteiger partial charge in [-0.25, -0.2) is 4.98 Å². The van der Waals surface area contributed by atoms with Crippen LogP contribution in [0.1, 0.15) is 5.82 Å². The molecule has 2 aromatic heterocycles. The van der Waals surface area contributed by atoms with E-state index in [4.69, 9.17) is 11.6 Å². The fourth-order valence-corrected chi connectivity index (χ4v) is 1.30. The van der Waals surface area contributed by atoms with Gasteiger partial charge < -0.3 is 4.98 Å². The number of imidazole rings is 1. The van der Waals surface area contributed by atoms with Crippen molar-refractivity contribution < 1.29 is 13.2 Å². The van der Waals surface area contributed by atoms with E-state index in [1.807, 2.05) is 4.98 Å². The minimum absolute atomic E-state index is 0.224. The standard InChI is InChI=1S/C7H4ClF3N4O/c1-15-4(16)2-3(14-6(15)8)13-5(12-2)7(9,10)11/h1H3,(H,12,13). The molecule has 0 aromatic carbocycles. The summed E-state index contributed by atoms with van der Waals surface area (Å²) in [4.78, 5) is 20.1. The van der Waals surface area contributed by atoms with Crippen LogP contribution in [0.25, 0.3) is 11.2 Å². The average Bonchev–Trinajstić information content (AvgIpc) is 2.57. The number of aromatic nitrogens is 4. The molecule has 0 spiro atoms. The van der Waals surface area contributed by atoms with Gasteiger partial charge >= 0.3 is 6.18 Å². The van der Waals surface area contributed by atoms with Gasteiger partial charge in [-0.05, 0) is 11.6 Å². The van der Waals surface area contributed by atoms with E-state index in [-0.39, 0.29) is 16.4 Å². The van der Waals surface area contributed by atoms with Crippen molar-refractivity contribution in [2.24, 2.45) is 7.05 Å². The molecule has 86 valence electrons. The fourth-order valence-electron chi connectivity index (χ4n) is 1.14. The van der Waals surface area contributed by atoms with Crippen molar-refractivity contribution in [3.05, 3.63) is 21.5 Å². The van der Waals surface area contributed by atoms with Crippen LogP contribution in [0.3, 0.4) is 0 Å². The summed E-state index contributed by atoms with van der Waals surface area (Å²) < 4.78 is 37.8. The monoisotopic (exact) mass is 252 g/mol. The van der Waals surface area contributed by atoms with Crippen molar-refractivity contribution in [1.29, 1.82) is 0 Å². The summed E-state index contributed by atoms with van der Waals surface area (Å²) in [5.41, 5.74) is -1.38. The Morgan fingerprint density at radius 1 is 1.38 bits per heavy atom. The molecule has 0 aliphatic carbocycles. The first-order valence-electron chi connectivity index (χ1n) is 4.00. The van der Waals surface area contributed by atoms with Gasteiger partial charge in [-0.1, -0.05) is 0 Å². The molecule has 0 unspecified atom stereocenters. The molecule has 16 heavy (non-hydrogen) atoms. The molecule has 2 aromatic rings. The maximum Gasteiger partial charge on any atom is 0.449 e. The van der Waals surface area contributed by atoms with Crippen LogP contribution in [0.15, 0.2) is 4.79 Å². The second-order valence-electron chi connectivity index (χ2n) is 3.03. The van der Waals surface area contributed by atoms with Crippen molar-refractivity contribution >= 4 is 22.8 Å². The first-order chi connectivity index (χ1) is 7.30. The number of hydrogen-bond donors (Lipinski definition) is 1. The number of alkyl halides is 3. The number of H-pyrrole nitrogens is 1. The highest BCUT2D eigenvalue weighted by Crippen LogP contribution is 2.27. The fraction of sp³-hybridized carbons (Fsp3) is 0.286. The minimum atomic E-state index is -4.65. The van der Waals surface area contributed by atoms with Gasteiger partial charge in [0.15, 0.2) is 11.2 Å². The van der Waals surface area contributed by atoms with Crippen molar-refractivity contribution in [1.82, 2.24) is 19.5 Å². The van der Waals surface area contributed by atoms with E-state index in [0.717, 1.165) is 4.57 Å². The number of hydrogen-bond acceptors (Lipinski definition) is 3. The molecule has 0 aliphatic rings. The maximum atomic E-state index is 12.3. The molecule has 0 bridgehead atoms. The van der Waals surface area contributed by atoms with Gasteiger partial charge in [0.05, 0.1) is 0 Å². The lowest BCUT2D eigenvalue weighted by atomic mass is 10.5. The van der Waals surface area contributed by atoms with Crippen LogP contribution >= 0.6 is 11.6 Å². The molecule has 0 atom stereocenters. The quantitative estimate of drug-likeness (QED) is 0.720. The molecule has 2 heterocycles. The predicted octanol–water partition coefficient (Wildman–Crippen LogP) is 1.33. The Morgan fingerprint density at radius 2 is 2.00 bits per heavy atom. The number of nitrogens with one attached hydrogen (secondary N) is 1. The Balaban J connectivity index is 2.82. The summed E-state index contributed by atoms with van der Waals surface area (Å²) in [6.07, 6.45) is -4.65. The van der Waals surface area contributed by atoms with Gasteiger partial charge in [0, 0.05) is 7.05 Å². The van der Waals surface area contributed by atoms with Crippen LogP contribution in [-0.2, 0) is 13.2 Å². The highest BCUT2D eigenvalue weighted by molar-refractivity contribution is 6.28. The van der Waals surface area contributed by atoms with E-state index in [1.165, 1.54) is 7.05 Å². The van der Waals surface area contributed by atoms with Crippen LogP contribution in [0.5, 0.6) is 0 Å². The molecular weight excluding hydrogens is 249 g/mol. The highest BCUT2D eigenvalue weighted by atomic mass is 35.5. The zero-order valence-electron chi connectivity index (χ0n) is 7.76. The summed E-state index contributed by atoms with van der Waals surface area (Å²) in [5.74, 6) is -1.27. The molecular formula is C7H4ClF3N4O. The number of nitrogens with zero attached hydrogens (tertiary/aromatic N) is 3. The minimum Gasteiger partial charge on any atom is -0.328 e. The van der Waals surface area contributed by atoms with E-state index >= 15 is 0 Å². The predicted molar refractivity (Wildman–Crippen MR) is 49.1 cm³/mol. The lowest BCUT2D eigenvalue weighted by Gasteiger charge is -1.98. The van der Waals surface area contributed by atoms with E-state index in [2.05, 4.69) is 9.97 Å².